The van der Waals surface area contributed by atoms with E-state index < -0.39 is 10.2 Å². The van der Waals surface area contributed by atoms with E-state index in [9.17, 15) is 8.42 Å². The minimum atomic E-state index is -3.31. The van der Waals surface area contributed by atoms with Gasteiger partial charge in [0, 0.05) is 45.8 Å². The molecule has 0 spiro atoms. The van der Waals surface area contributed by atoms with Crippen molar-refractivity contribution in [2.24, 2.45) is 0 Å². The average molecular weight is 362 g/mol. The van der Waals surface area contributed by atoms with Crippen molar-refractivity contribution in [3.63, 3.8) is 0 Å². The Morgan fingerprint density at radius 1 is 0.840 bits per heavy atom. The van der Waals surface area contributed by atoms with Crippen LogP contribution in [0.2, 0.25) is 0 Å². The lowest BCUT2D eigenvalue weighted by molar-refractivity contribution is 0.175. The lowest BCUT2D eigenvalue weighted by Crippen LogP contribution is -2.52. The van der Waals surface area contributed by atoms with Gasteiger partial charge in [-0.2, -0.15) is 22.3 Å². The van der Waals surface area contributed by atoms with Crippen molar-refractivity contribution in [2.45, 2.75) is 32.2 Å². The van der Waals surface area contributed by atoms with Crippen LogP contribution in [0.4, 0.5) is 0 Å². The summed E-state index contributed by atoms with van der Waals surface area (Å²) in [5, 5.41) is 8.85. The number of nitriles is 1. The molecular weight excluding hydrogens is 336 g/mol. The van der Waals surface area contributed by atoms with E-state index in [-0.39, 0.29) is 0 Å². The second-order valence-corrected chi connectivity index (χ2v) is 8.73. The Labute approximate surface area is 150 Å². The Morgan fingerprint density at radius 3 is 1.96 bits per heavy atom. The van der Waals surface area contributed by atoms with Crippen molar-refractivity contribution < 1.29 is 8.42 Å². The Kier molecular flexibility index (Phi) is 6.07. The lowest BCUT2D eigenvalue weighted by atomic mass is 10.1. The first-order valence-electron chi connectivity index (χ1n) is 9.06. The van der Waals surface area contributed by atoms with Crippen molar-refractivity contribution in [1.29, 1.82) is 5.26 Å². The summed E-state index contributed by atoms with van der Waals surface area (Å²) in [4.78, 5) is 2.27. The van der Waals surface area contributed by atoms with E-state index in [2.05, 4.69) is 11.0 Å². The highest BCUT2D eigenvalue weighted by molar-refractivity contribution is 7.86. The summed E-state index contributed by atoms with van der Waals surface area (Å²) in [5.41, 5.74) is 1.82. The van der Waals surface area contributed by atoms with Crippen LogP contribution in [0, 0.1) is 11.3 Å². The Hall–Kier alpha value is -1.46. The molecule has 0 bridgehead atoms. The van der Waals surface area contributed by atoms with Gasteiger partial charge in [0.2, 0.25) is 0 Å². The van der Waals surface area contributed by atoms with Gasteiger partial charge >= 0.3 is 0 Å². The molecule has 1 aromatic carbocycles. The van der Waals surface area contributed by atoms with Crippen LogP contribution < -0.4 is 0 Å². The number of piperazine rings is 1. The van der Waals surface area contributed by atoms with Gasteiger partial charge in [-0.05, 0) is 30.5 Å². The van der Waals surface area contributed by atoms with E-state index in [1.54, 1.807) is 8.61 Å². The molecule has 6 nitrogen and oxygen atoms in total. The molecule has 2 aliphatic rings. The fourth-order valence-electron chi connectivity index (χ4n) is 3.50. The van der Waals surface area contributed by atoms with Crippen molar-refractivity contribution in [3.05, 3.63) is 35.4 Å². The monoisotopic (exact) mass is 362 g/mol. The molecule has 0 saturated carbocycles. The maximum Gasteiger partial charge on any atom is 0.282 e. The quantitative estimate of drug-likeness (QED) is 0.819. The molecule has 3 rings (SSSR count). The largest absolute Gasteiger partial charge is 0.296 e. The molecule has 1 aromatic rings. The fourth-order valence-corrected chi connectivity index (χ4v) is 5.17. The van der Waals surface area contributed by atoms with Crippen LogP contribution in [-0.4, -0.2) is 61.2 Å². The summed E-state index contributed by atoms with van der Waals surface area (Å²) in [7, 11) is -3.31. The predicted octanol–water partition coefficient (Wildman–Crippen LogP) is 1.80. The van der Waals surface area contributed by atoms with Crippen LogP contribution in [0.5, 0.6) is 0 Å². The molecule has 0 radical (unpaired) electrons. The highest BCUT2D eigenvalue weighted by atomic mass is 32.2. The second-order valence-electron chi connectivity index (χ2n) is 6.80. The average Bonchev–Trinajstić information content (AvgIpc) is 2.93. The molecule has 2 heterocycles. The lowest BCUT2D eigenvalue weighted by Gasteiger charge is -2.36. The third kappa shape index (κ3) is 4.59. The number of hydrogen-bond acceptors (Lipinski definition) is 4. The zero-order valence-electron chi connectivity index (χ0n) is 14.6. The highest BCUT2D eigenvalue weighted by Gasteiger charge is 2.32. The third-order valence-electron chi connectivity index (χ3n) is 5.04. The van der Waals surface area contributed by atoms with Gasteiger partial charge in [0.1, 0.15) is 0 Å². The minimum Gasteiger partial charge on any atom is -0.296 e. The molecule has 2 saturated heterocycles. The molecule has 0 unspecified atom stereocenters. The molecule has 0 aromatic heterocycles. The summed E-state index contributed by atoms with van der Waals surface area (Å²) in [6.07, 6.45) is 4.20. The van der Waals surface area contributed by atoms with E-state index in [0.717, 1.165) is 50.9 Å². The molecule has 2 fully saturated rings. The third-order valence-corrected chi connectivity index (χ3v) is 7.07. The first-order valence-corrected chi connectivity index (χ1v) is 10.5. The highest BCUT2D eigenvalue weighted by Crippen LogP contribution is 2.18. The topological polar surface area (TPSA) is 67.6 Å². The number of benzene rings is 1. The van der Waals surface area contributed by atoms with Crippen molar-refractivity contribution >= 4 is 10.2 Å². The Morgan fingerprint density at radius 2 is 1.40 bits per heavy atom. The van der Waals surface area contributed by atoms with E-state index in [0.29, 0.717) is 31.7 Å². The van der Waals surface area contributed by atoms with Gasteiger partial charge in [-0.3, -0.25) is 4.90 Å². The molecule has 0 amide bonds. The molecule has 7 heteroatoms. The molecule has 0 N–H and O–H groups in total. The maximum atomic E-state index is 12.8. The fraction of sp³-hybridized carbons (Fsp3) is 0.611. The van der Waals surface area contributed by atoms with Gasteiger partial charge in [-0.15, -0.1) is 0 Å². The van der Waals surface area contributed by atoms with Crippen molar-refractivity contribution in [1.82, 2.24) is 13.5 Å². The summed E-state index contributed by atoms with van der Waals surface area (Å²) in [5.74, 6) is 0. The van der Waals surface area contributed by atoms with Crippen LogP contribution in [0.1, 0.15) is 36.8 Å². The predicted molar refractivity (Wildman–Crippen MR) is 97.0 cm³/mol. The van der Waals surface area contributed by atoms with Crippen LogP contribution >= 0.6 is 0 Å². The van der Waals surface area contributed by atoms with E-state index in [4.69, 9.17) is 5.26 Å². The van der Waals surface area contributed by atoms with Crippen LogP contribution in [0.25, 0.3) is 0 Å². The standard InChI is InChI=1S/C18H26N4O2S/c19-15-17-5-7-18(8-6-17)16-20-11-13-22(14-12-20)25(23,24)21-9-3-1-2-4-10-21/h5-8H,1-4,9-14,16H2. The maximum absolute atomic E-state index is 12.8. The summed E-state index contributed by atoms with van der Waals surface area (Å²) < 4.78 is 29.0. The van der Waals surface area contributed by atoms with E-state index in [1.807, 2.05) is 24.3 Å². The SMILES string of the molecule is N#Cc1ccc(CN2CCN(S(=O)(=O)N3CCCCCC3)CC2)cc1. The smallest absolute Gasteiger partial charge is 0.282 e. The van der Waals surface area contributed by atoms with Gasteiger partial charge in [-0.1, -0.05) is 25.0 Å². The normalized spacial score (nSPS) is 21.6. The first-order chi connectivity index (χ1) is 12.1. The van der Waals surface area contributed by atoms with Gasteiger partial charge in [0.05, 0.1) is 11.6 Å². The van der Waals surface area contributed by atoms with E-state index >= 15 is 0 Å². The van der Waals surface area contributed by atoms with Gasteiger partial charge < -0.3 is 0 Å². The summed E-state index contributed by atoms with van der Waals surface area (Å²) in [6, 6.07) is 9.72. The van der Waals surface area contributed by atoms with Gasteiger partial charge in [-0.25, -0.2) is 0 Å². The molecule has 0 aliphatic carbocycles. The van der Waals surface area contributed by atoms with Gasteiger partial charge in [0.15, 0.2) is 0 Å². The van der Waals surface area contributed by atoms with Crippen molar-refractivity contribution in [2.75, 3.05) is 39.3 Å². The summed E-state index contributed by atoms with van der Waals surface area (Å²) >= 11 is 0. The van der Waals surface area contributed by atoms with Crippen LogP contribution in [0.15, 0.2) is 24.3 Å². The molecule has 136 valence electrons. The molecule has 0 atom stereocenters. The Balaban J connectivity index is 1.54. The van der Waals surface area contributed by atoms with Crippen LogP contribution in [0.3, 0.4) is 0 Å². The number of rotatable bonds is 4. The second kappa shape index (κ2) is 8.28. The van der Waals surface area contributed by atoms with E-state index in [1.165, 1.54) is 0 Å². The Bertz CT molecular complexity index is 696. The number of nitrogens with zero attached hydrogens (tertiary/aromatic N) is 4. The van der Waals surface area contributed by atoms with Gasteiger partial charge in [0.25, 0.3) is 10.2 Å². The zero-order valence-corrected chi connectivity index (χ0v) is 15.4. The molecule has 25 heavy (non-hydrogen) atoms. The van der Waals surface area contributed by atoms with Crippen molar-refractivity contribution in [3.8, 4) is 6.07 Å². The summed E-state index contributed by atoms with van der Waals surface area (Å²) in [6.45, 7) is 4.70. The van der Waals surface area contributed by atoms with Crippen LogP contribution in [-0.2, 0) is 16.8 Å². The molecular formula is C18H26N4O2S. The zero-order chi connectivity index (χ0) is 17.7. The number of hydrogen-bond donors (Lipinski definition) is 0. The minimum absolute atomic E-state index is 0.551. The first kappa shape index (κ1) is 18.3. The molecule has 2 aliphatic heterocycles.